The molecule has 2 rings (SSSR count). The SMILES string of the molecule is CCOC(=O)C(C)NC(=O)c1c[nH]c2ccccc2c1=O. The van der Waals surface area contributed by atoms with Crippen LogP contribution in [0.15, 0.2) is 35.3 Å². The van der Waals surface area contributed by atoms with E-state index in [-0.39, 0.29) is 17.6 Å². The highest BCUT2D eigenvalue weighted by molar-refractivity contribution is 5.98. The Morgan fingerprint density at radius 2 is 2.05 bits per heavy atom. The topological polar surface area (TPSA) is 88.3 Å². The smallest absolute Gasteiger partial charge is 0.328 e. The standard InChI is InChI=1S/C15H16N2O4/c1-3-21-15(20)9(2)17-14(19)11-8-16-12-7-5-4-6-10(12)13(11)18/h4-9H,3H2,1-2H3,(H,16,18)(H,17,19). The largest absolute Gasteiger partial charge is 0.464 e. The molecule has 0 aliphatic carbocycles. The summed E-state index contributed by atoms with van der Waals surface area (Å²) in [6, 6.07) is 6.09. The van der Waals surface area contributed by atoms with Gasteiger partial charge in [0.15, 0.2) is 0 Å². The summed E-state index contributed by atoms with van der Waals surface area (Å²) in [7, 11) is 0. The van der Waals surface area contributed by atoms with E-state index in [1.165, 1.54) is 13.1 Å². The van der Waals surface area contributed by atoms with Crippen LogP contribution in [-0.2, 0) is 9.53 Å². The van der Waals surface area contributed by atoms with E-state index in [1.54, 1.807) is 31.2 Å². The Hall–Kier alpha value is -2.63. The van der Waals surface area contributed by atoms with Crippen molar-refractivity contribution >= 4 is 22.8 Å². The third kappa shape index (κ3) is 3.10. The summed E-state index contributed by atoms with van der Waals surface area (Å²) in [5.41, 5.74) is 0.236. The lowest BCUT2D eigenvalue weighted by molar-refractivity contribution is -0.144. The Morgan fingerprint density at radius 3 is 2.76 bits per heavy atom. The zero-order chi connectivity index (χ0) is 15.4. The van der Waals surface area contributed by atoms with Crippen LogP contribution in [0, 0.1) is 0 Å². The van der Waals surface area contributed by atoms with Gasteiger partial charge in [-0.25, -0.2) is 4.79 Å². The van der Waals surface area contributed by atoms with Gasteiger partial charge < -0.3 is 15.0 Å². The predicted molar refractivity (Wildman–Crippen MR) is 78.1 cm³/mol. The molecule has 1 unspecified atom stereocenters. The fourth-order valence-electron chi connectivity index (χ4n) is 1.94. The number of benzene rings is 1. The summed E-state index contributed by atoms with van der Waals surface area (Å²) in [5.74, 6) is -1.15. The molecule has 0 bridgehead atoms. The molecule has 0 aliphatic heterocycles. The third-order valence-electron chi connectivity index (χ3n) is 3.02. The fourth-order valence-corrected chi connectivity index (χ4v) is 1.94. The van der Waals surface area contributed by atoms with Crippen molar-refractivity contribution in [2.75, 3.05) is 6.61 Å². The zero-order valence-electron chi connectivity index (χ0n) is 11.8. The van der Waals surface area contributed by atoms with Gasteiger partial charge in [-0.15, -0.1) is 0 Å². The number of aromatic nitrogens is 1. The van der Waals surface area contributed by atoms with Crippen LogP contribution in [0.4, 0.5) is 0 Å². The Labute approximate surface area is 121 Å². The van der Waals surface area contributed by atoms with Gasteiger partial charge >= 0.3 is 5.97 Å². The van der Waals surface area contributed by atoms with Gasteiger partial charge in [0.05, 0.1) is 6.61 Å². The van der Waals surface area contributed by atoms with Crippen molar-refractivity contribution in [1.29, 1.82) is 0 Å². The van der Waals surface area contributed by atoms with Gasteiger partial charge in [-0.2, -0.15) is 0 Å². The van der Waals surface area contributed by atoms with Crippen LogP contribution in [-0.4, -0.2) is 29.5 Å². The van der Waals surface area contributed by atoms with Crippen molar-refractivity contribution < 1.29 is 14.3 Å². The minimum Gasteiger partial charge on any atom is -0.464 e. The molecule has 1 atom stereocenters. The number of fused-ring (bicyclic) bond motifs is 1. The predicted octanol–water partition coefficient (Wildman–Crippen LogP) is 1.21. The van der Waals surface area contributed by atoms with E-state index in [4.69, 9.17) is 4.74 Å². The molecule has 1 aromatic carbocycles. The number of ether oxygens (including phenoxy) is 1. The highest BCUT2D eigenvalue weighted by Crippen LogP contribution is 2.07. The third-order valence-corrected chi connectivity index (χ3v) is 3.02. The molecule has 2 aromatic rings. The average molecular weight is 288 g/mol. The molecular formula is C15H16N2O4. The van der Waals surface area contributed by atoms with Crippen molar-refractivity contribution in [2.24, 2.45) is 0 Å². The molecule has 1 amide bonds. The first kappa shape index (κ1) is 14.8. The normalized spacial score (nSPS) is 11.9. The molecule has 110 valence electrons. The van der Waals surface area contributed by atoms with E-state index in [2.05, 4.69) is 10.3 Å². The van der Waals surface area contributed by atoms with Gasteiger partial charge in [0, 0.05) is 17.1 Å². The summed E-state index contributed by atoms with van der Waals surface area (Å²) in [6.07, 6.45) is 1.35. The molecule has 1 heterocycles. The van der Waals surface area contributed by atoms with E-state index in [1.807, 2.05) is 0 Å². The van der Waals surface area contributed by atoms with Crippen molar-refractivity contribution in [1.82, 2.24) is 10.3 Å². The van der Waals surface area contributed by atoms with Gasteiger partial charge in [-0.05, 0) is 26.0 Å². The van der Waals surface area contributed by atoms with Crippen molar-refractivity contribution in [3.05, 3.63) is 46.2 Å². The number of nitrogens with one attached hydrogen (secondary N) is 2. The first-order valence-corrected chi connectivity index (χ1v) is 6.62. The van der Waals surface area contributed by atoms with E-state index < -0.39 is 17.9 Å². The van der Waals surface area contributed by atoms with Crippen LogP contribution >= 0.6 is 0 Å². The van der Waals surface area contributed by atoms with Crippen molar-refractivity contribution in [3.63, 3.8) is 0 Å². The second-order valence-electron chi connectivity index (χ2n) is 4.52. The first-order valence-electron chi connectivity index (χ1n) is 6.62. The molecular weight excluding hydrogens is 272 g/mol. The molecule has 21 heavy (non-hydrogen) atoms. The monoisotopic (exact) mass is 288 g/mol. The molecule has 1 aromatic heterocycles. The van der Waals surface area contributed by atoms with Gasteiger partial charge in [0.2, 0.25) is 5.43 Å². The summed E-state index contributed by atoms with van der Waals surface area (Å²) in [4.78, 5) is 38.7. The number of rotatable bonds is 4. The molecule has 0 radical (unpaired) electrons. The number of H-pyrrole nitrogens is 1. The minimum atomic E-state index is -0.816. The number of hydrogen-bond acceptors (Lipinski definition) is 4. The van der Waals surface area contributed by atoms with E-state index in [0.717, 1.165) is 0 Å². The number of hydrogen-bond donors (Lipinski definition) is 2. The van der Waals surface area contributed by atoms with Gasteiger partial charge in [-0.3, -0.25) is 9.59 Å². The van der Waals surface area contributed by atoms with Crippen molar-refractivity contribution in [2.45, 2.75) is 19.9 Å². The quantitative estimate of drug-likeness (QED) is 0.828. The maximum absolute atomic E-state index is 12.2. The Kier molecular flexibility index (Phi) is 4.37. The lowest BCUT2D eigenvalue weighted by Gasteiger charge is -2.12. The lowest BCUT2D eigenvalue weighted by Crippen LogP contribution is -2.41. The molecule has 0 saturated carbocycles. The second kappa shape index (κ2) is 6.21. The van der Waals surface area contributed by atoms with Crippen molar-refractivity contribution in [3.8, 4) is 0 Å². The highest BCUT2D eigenvalue weighted by Gasteiger charge is 2.19. The first-order chi connectivity index (χ1) is 10.0. The Bertz CT molecular complexity index is 736. The Balaban J connectivity index is 2.26. The minimum absolute atomic E-state index is 0.0372. The number of para-hydroxylation sites is 1. The number of carbonyl (C=O) groups is 2. The van der Waals surface area contributed by atoms with Crippen LogP contribution in [0.5, 0.6) is 0 Å². The van der Waals surface area contributed by atoms with Gasteiger partial charge in [-0.1, -0.05) is 12.1 Å². The van der Waals surface area contributed by atoms with Crippen LogP contribution < -0.4 is 10.7 Å². The number of pyridine rings is 1. The summed E-state index contributed by atoms with van der Waals surface area (Å²) < 4.78 is 4.80. The van der Waals surface area contributed by atoms with Crippen LogP contribution in [0.3, 0.4) is 0 Å². The molecule has 0 spiro atoms. The summed E-state index contributed by atoms with van der Waals surface area (Å²) in [5, 5.41) is 2.88. The van der Waals surface area contributed by atoms with Crippen LogP contribution in [0.25, 0.3) is 10.9 Å². The van der Waals surface area contributed by atoms with E-state index >= 15 is 0 Å². The molecule has 0 aliphatic rings. The number of aromatic amines is 1. The maximum atomic E-state index is 12.2. The lowest BCUT2D eigenvalue weighted by atomic mass is 10.1. The molecule has 6 heteroatoms. The zero-order valence-corrected chi connectivity index (χ0v) is 11.8. The van der Waals surface area contributed by atoms with Gasteiger partial charge in [0.1, 0.15) is 11.6 Å². The fraction of sp³-hybridized carbons (Fsp3) is 0.267. The number of esters is 1. The van der Waals surface area contributed by atoms with E-state index in [0.29, 0.717) is 10.9 Å². The highest BCUT2D eigenvalue weighted by atomic mass is 16.5. The maximum Gasteiger partial charge on any atom is 0.328 e. The Morgan fingerprint density at radius 1 is 1.33 bits per heavy atom. The molecule has 6 nitrogen and oxygen atoms in total. The molecule has 0 saturated heterocycles. The summed E-state index contributed by atoms with van der Waals surface area (Å²) >= 11 is 0. The second-order valence-corrected chi connectivity index (χ2v) is 4.52. The average Bonchev–Trinajstić information content (AvgIpc) is 2.48. The number of amides is 1. The van der Waals surface area contributed by atoms with Crippen LogP contribution in [0.1, 0.15) is 24.2 Å². The molecule has 2 N–H and O–H groups in total. The molecule has 0 fully saturated rings. The number of carbonyl (C=O) groups excluding carboxylic acids is 2. The van der Waals surface area contributed by atoms with Crippen LogP contribution in [0.2, 0.25) is 0 Å². The summed E-state index contributed by atoms with van der Waals surface area (Å²) in [6.45, 7) is 3.42. The van der Waals surface area contributed by atoms with Gasteiger partial charge in [0.25, 0.3) is 5.91 Å². The van der Waals surface area contributed by atoms with E-state index in [9.17, 15) is 14.4 Å².